The summed E-state index contributed by atoms with van der Waals surface area (Å²) in [7, 11) is 0. The van der Waals surface area contributed by atoms with Crippen LogP contribution >= 0.6 is 12.4 Å². The van der Waals surface area contributed by atoms with Crippen molar-refractivity contribution in [3.8, 4) is 5.75 Å². The number of likely N-dealkylation sites (tertiary alicyclic amines) is 1. The second kappa shape index (κ2) is 8.81. The zero-order valence-corrected chi connectivity index (χ0v) is 14.1. The molecule has 0 spiro atoms. The number of benzene rings is 1. The van der Waals surface area contributed by atoms with Gasteiger partial charge in [0.15, 0.2) is 11.6 Å². The summed E-state index contributed by atoms with van der Waals surface area (Å²) < 4.78 is 32.2. The molecule has 1 unspecified atom stereocenters. The van der Waals surface area contributed by atoms with E-state index in [1.54, 1.807) is 0 Å². The minimum Gasteiger partial charge on any atom is -0.487 e. The molecule has 1 atom stereocenters. The van der Waals surface area contributed by atoms with Crippen molar-refractivity contribution < 1.29 is 13.5 Å². The van der Waals surface area contributed by atoms with Crippen LogP contribution in [0.3, 0.4) is 0 Å². The summed E-state index contributed by atoms with van der Waals surface area (Å²) >= 11 is 0. The topological polar surface area (TPSA) is 24.5 Å². The van der Waals surface area contributed by atoms with Crippen LogP contribution in [0.5, 0.6) is 5.75 Å². The SMILES string of the molecule is Cl.Fc1ccc(OC2CCN(CC3CCCNC3)CC2)c(F)c1. The minimum absolute atomic E-state index is 0. The zero-order valence-electron chi connectivity index (χ0n) is 13.3. The van der Waals surface area contributed by atoms with Crippen molar-refractivity contribution in [3.05, 3.63) is 29.8 Å². The molecular formula is C17H25ClF2N2O. The molecular weight excluding hydrogens is 322 g/mol. The summed E-state index contributed by atoms with van der Waals surface area (Å²) in [6, 6.07) is 3.49. The van der Waals surface area contributed by atoms with Gasteiger partial charge in [-0.05, 0) is 56.8 Å². The molecule has 0 amide bonds. The number of nitrogens with one attached hydrogen (secondary N) is 1. The molecule has 1 aromatic carbocycles. The van der Waals surface area contributed by atoms with Crippen LogP contribution in [-0.4, -0.2) is 43.7 Å². The molecule has 2 heterocycles. The molecule has 3 rings (SSSR count). The molecule has 23 heavy (non-hydrogen) atoms. The van der Waals surface area contributed by atoms with Gasteiger partial charge in [0.05, 0.1) is 0 Å². The third-order valence-corrected chi connectivity index (χ3v) is 4.64. The summed E-state index contributed by atoms with van der Waals surface area (Å²) in [5.41, 5.74) is 0. The van der Waals surface area contributed by atoms with E-state index in [9.17, 15) is 8.78 Å². The molecule has 0 radical (unpaired) electrons. The number of nitrogens with zero attached hydrogens (tertiary/aromatic N) is 1. The predicted molar refractivity (Wildman–Crippen MR) is 89.3 cm³/mol. The van der Waals surface area contributed by atoms with Crippen molar-refractivity contribution >= 4 is 12.4 Å². The molecule has 6 heteroatoms. The van der Waals surface area contributed by atoms with Gasteiger partial charge in [0, 0.05) is 25.7 Å². The number of ether oxygens (including phenoxy) is 1. The van der Waals surface area contributed by atoms with E-state index in [2.05, 4.69) is 10.2 Å². The summed E-state index contributed by atoms with van der Waals surface area (Å²) in [4.78, 5) is 2.48. The van der Waals surface area contributed by atoms with E-state index in [1.807, 2.05) is 0 Å². The van der Waals surface area contributed by atoms with E-state index in [0.717, 1.165) is 57.5 Å². The second-order valence-electron chi connectivity index (χ2n) is 6.40. The Labute approximate surface area is 142 Å². The summed E-state index contributed by atoms with van der Waals surface area (Å²) in [6.07, 6.45) is 4.41. The fourth-order valence-corrected chi connectivity index (χ4v) is 3.41. The fourth-order valence-electron chi connectivity index (χ4n) is 3.41. The molecule has 130 valence electrons. The number of halogens is 3. The fraction of sp³-hybridized carbons (Fsp3) is 0.647. The highest BCUT2D eigenvalue weighted by molar-refractivity contribution is 5.85. The van der Waals surface area contributed by atoms with Gasteiger partial charge in [0.2, 0.25) is 0 Å². The first kappa shape index (κ1) is 18.4. The Morgan fingerprint density at radius 3 is 2.61 bits per heavy atom. The van der Waals surface area contributed by atoms with Gasteiger partial charge < -0.3 is 15.0 Å². The van der Waals surface area contributed by atoms with Gasteiger partial charge in [0.1, 0.15) is 11.9 Å². The molecule has 2 aliphatic rings. The normalized spacial score (nSPS) is 23.3. The second-order valence-corrected chi connectivity index (χ2v) is 6.40. The van der Waals surface area contributed by atoms with Gasteiger partial charge in [-0.1, -0.05) is 0 Å². The summed E-state index contributed by atoms with van der Waals surface area (Å²) in [6.45, 7) is 5.39. The van der Waals surface area contributed by atoms with Crippen LogP contribution in [0, 0.1) is 17.6 Å². The number of hydrogen-bond donors (Lipinski definition) is 1. The minimum atomic E-state index is -0.615. The van der Waals surface area contributed by atoms with Crippen LogP contribution in [0.2, 0.25) is 0 Å². The van der Waals surface area contributed by atoms with E-state index in [4.69, 9.17) is 4.74 Å². The smallest absolute Gasteiger partial charge is 0.167 e. The largest absolute Gasteiger partial charge is 0.487 e. The van der Waals surface area contributed by atoms with E-state index in [1.165, 1.54) is 25.0 Å². The van der Waals surface area contributed by atoms with Gasteiger partial charge in [-0.2, -0.15) is 0 Å². The Morgan fingerprint density at radius 2 is 1.96 bits per heavy atom. The lowest BCUT2D eigenvalue weighted by Gasteiger charge is -2.35. The average Bonchev–Trinajstić information content (AvgIpc) is 2.53. The highest BCUT2D eigenvalue weighted by Gasteiger charge is 2.24. The van der Waals surface area contributed by atoms with Crippen molar-refractivity contribution in [3.63, 3.8) is 0 Å². The average molecular weight is 347 g/mol. The van der Waals surface area contributed by atoms with Crippen molar-refractivity contribution in [2.75, 3.05) is 32.7 Å². The van der Waals surface area contributed by atoms with Crippen molar-refractivity contribution in [1.29, 1.82) is 0 Å². The maximum atomic E-state index is 13.6. The standard InChI is InChI=1S/C17H24F2N2O.ClH/c18-14-3-4-17(16(19)10-14)22-15-5-8-21(9-6-15)12-13-2-1-7-20-11-13;/h3-4,10,13,15,20H,1-2,5-9,11-12H2;1H. The molecule has 0 bridgehead atoms. The van der Waals surface area contributed by atoms with E-state index in [0.29, 0.717) is 0 Å². The van der Waals surface area contributed by atoms with Gasteiger partial charge in [0.25, 0.3) is 0 Å². The Hall–Kier alpha value is -0.910. The lowest BCUT2D eigenvalue weighted by molar-refractivity contribution is 0.0851. The van der Waals surface area contributed by atoms with Gasteiger partial charge in [-0.15, -0.1) is 12.4 Å². The van der Waals surface area contributed by atoms with Crippen LogP contribution in [0.1, 0.15) is 25.7 Å². The number of hydrogen-bond acceptors (Lipinski definition) is 3. The van der Waals surface area contributed by atoms with Crippen LogP contribution in [0.4, 0.5) is 8.78 Å². The first-order valence-corrected chi connectivity index (χ1v) is 8.25. The lowest BCUT2D eigenvalue weighted by atomic mass is 9.97. The van der Waals surface area contributed by atoms with Gasteiger partial charge in [-0.25, -0.2) is 8.78 Å². The highest BCUT2D eigenvalue weighted by Crippen LogP contribution is 2.23. The monoisotopic (exact) mass is 346 g/mol. The zero-order chi connectivity index (χ0) is 15.4. The highest BCUT2D eigenvalue weighted by atomic mass is 35.5. The van der Waals surface area contributed by atoms with Crippen molar-refractivity contribution in [2.45, 2.75) is 31.8 Å². The van der Waals surface area contributed by atoms with Crippen molar-refractivity contribution in [1.82, 2.24) is 10.2 Å². The predicted octanol–water partition coefficient (Wildman–Crippen LogP) is 3.23. The molecule has 2 fully saturated rings. The quantitative estimate of drug-likeness (QED) is 0.906. The van der Waals surface area contributed by atoms with E-state index in [-0.39, 0.29) is 24.3 Å². The van der Waals surface area contributed by atoms with Gasteiger partial charge >= 0.3 is 0 Å². The first-order chi connectivity index (χ1) is 10.7. The molecule has 2 saturated heterocycles. The number of rotatable bonds is 4. The van der Waals surface area contributed by atoms with Crippen LogP contribution in [0.25, 0.3) is 0 Å². The van der Waals surface area contributed by atoms with Crippen LogP contribution < -0.4 is 10.1 Å². The molecule has 0 aliphatic carbocycles. The third-order valence-electron chi connectivity index (χ3n) is 4.64. The molecule has 1 aromatic rings. The molecule has 0 aromatic heterocycles. The van der Waals surface area contributed by atoms with E-state index < -0.39 is 11.6 Å². The maximum absolute atomic E-state index is 13.6. The third kappa shape index (κ3) is 5.30. The summed E-state index contributed by atoms with van der Waals surface area (Å²) in [5.74, 6) is -0.270. The Morgan fingerprint density at radius 1 is 1.17 bits per heavy atom. The Kier molecular flexibility index (Phi) is 7.06. The summed E-state index contributed by atoms with van der Waals surface area (Å²) in [5, 5.41) is 3.45. The number of piperidine rings is 2. The Bertz CT molecular complexity index is 489. The Balaban J connectivity index is 0.00000192. The lowest BCUT2D eigenvalue weighted by Crippen LogP contribution is -2.43. The van der Waals surface area contributed by atoms with Crippen LogP contribution in [0.15, 0.2) is 18.2 Å². The first-order valence-electron chi connectivity index (χ1n) is 8.25. The van der Waals surface area contributed by atoms with Crippen LogP contribution in [-0.2, 0) is 0 Å². The van der Waals surface area contributed by atoms with Crippen molar-refractivity contribution in [2.24, 2.45) is 5.92 Å². The maximum Gasteiger partial charge on any atom is 0.167 e. The van der Waals surface area contributed by atoms with Gasteiger partial charge in [-0.3, -0.25) is 0 Å². The molecule has 1 N–H and O–H groups in total. The molecule has 3 nitrogen and oxygen atoms in total. The molecule has 0 saturated carbocycles. The molecule has 2 aliphatic heterocycles. The van der Waals surface area contributed by atoms with E-state index >= 15 is 0 Å².